The summed E-state index contributed by atoms with van der Waals surface area (Å²) in [7, 11) is 0. The van der Waals surface area contributed by atoms with E-state index in [2.05, 4.69) is 17.3 Å². The van der Waals surface area contributed by atoms with E-state index in [4.69, 9.17) is 0 Å². The lowest BCUT2D eigenvalue weighted by molar-refractivity contribution is -0.389. The third kappa shape index (κ3) is 3.45. The number of amides is 1. The Kier molecular flexibility index (Phi) is 4.77. The molecule has 9 nitrogen and oxygen atoms in total. The molecule has 2 aromatic rings. The number of nitrogens with zero attached hydrogens (tertiary/aromatic N) is 3. The van der Waals surface area contributed by atoms with Gasteiger partial charge in [0.25, 0.3) is 0 Å². The van der Waals surface area contributed by atoms with Gasteiger partial charge in [-0.15, -0.1) is 11.3 Å². The number of thiophene rings is 1. The van der Waals surface area contributed by atoms with E-state index in [1.54, 1.807) is 6.92 Å². The SMILES string of the molecule is Cc1cc([N+](=O)[O-])nn1CC(=O)Nc1sc2c(c1C(=O)O)CCC(C)C2. The van der Waals surface area contributed by atoms with Crippen molar-refractivity contribution < 1.29 is 19.6 Å². The first kappa shape index (κ1) is 18.1. The van der Waals surface area contributed by atoms with Crippen LogP contribution in [0.5, 0.6) is 0 Å². The summed E-state index contributed by atoms with van der Waals surface area (Å²) in [6.07, 6.45) is 2.42. The van der Waals surface area contributed by atoms with Crippen molar-refractivity contribution in [2.24, 2.45) is 5.92 Å². The first-order valence-corrected chi connectivity index (χ1v) is 8.94. The van der Waals surface area contributed by atoms with Crippen LogP contribution in [0.25, 0.3) is 0 Å². The number of carbonyl (C=O) groups is 2. The zero-order chi connectivity index (χ0) is 19.0. The average Bonchev–Trinajstić information content (AvgIpc) is 3.07. The second-order valence-corrected chi connectivity index (χ2v) is 7.57. The Morgan fingerprint density at radius 2 is 2.27 bits per heavy atom. The van der Waals surface area contributed by atoms with Crippen molar-refractivity contribution in [3.05, 3.63) is 37.9 Å². The predicted octanol–water partition coefficient (Wildman–Crippen LogP) is 2.62. The van der Waals surface area contributed by atoms with Crippen molar-refractivity contribution in [1.82, 2.24) is 9.78 Å². The monoisotopic (exact) mass is 378 g/mol. The molecule has 1 atom stereocenters. The molecule has 0 spiro atoms. The van der Waals surface area contributed by atoms with Crippen LogP contribution < -0.4 is 5.32 Å². The molecule has 26 heavy (non-hydrogen) atoms. The highest BCUT2D eigenvalue weighted by molar-refractivity contribution is 7.17. The fourth-order valence-corrected chi connectivity index (χ4v) is 4.53. The number of carbonyl (C=O) groups excluding carboxylic acids is 1. The molecule has 10 heteroatoms. The van der Waals surface area contributed by atoms with Crippen LogP contribution in [0.1, 0.15) is 39.8 Å². The van der Waals surface area contributed by atoms with E-state index in [9.17, 15) is 24.8 Å². The maximum atomic E-state index is 12.3. The maximum Gasteiger partial charge on any atom is 0.390 e. The minimum Gasteiger partial charge on any atom is -0.478 e. The van der Waals surface area contributed by atoms with E-state index < -0.39 is 16.8 Å². The first-order valence-electron chi connectivity index (χ1n) is 8.12. The first-order chi connectivity index (χ1) is 12.3. The molecule has 1 unspecified atom stereocenters. The number of nitro groups is 1. The van der Waals surface area contributed by atoms with Gasteiger partial charge in [0.1, 0.15) is 11.5 Å². The lowest BCUT2D eigenvalue weighted by Gasteiger charge is -2.17. The molecule has 2 aromatic heterocycles. The van der Waals surface area contributed by atoms with E-state index in [1.165, 1.54) is 22.1 Å². The molecule has 0 saturated carbocycles. The van der Waals surface area contributed by atoms with Gasteiger partial charge in [-0.25, -0.2) is 4.79 Å². The second kappa shape index (κ2) is 6.87. The maximum absolute atomic E-state index is 12.3. The zero-order valence-corrected chi connectivity index (χ0v) is 15.1. The molecule has 2 heterocycles. The van der Waals surface area contributed by atoms with Crippen LogP contribution >= 0.6 is 11.3 Å². The number of hydrogen-bond donors (Lipinski definition) is 2. The molecule has 138 valence electrons. The number of fused-ring (bicyclic) bond motifs is 1. The average molecular weight is 378 g/mol. The number of aryl methyl sites for hydroxylation is 1. The van der Waals surface area contributed by atoms with Crippen molar-refractivity contribution in [2.45, 2.75) is 39.7 Å². The number of aromatic nitrogens is 2. The van der Waals surface area contributed by atoms with Gasteiger partial charge >= 0.3 is 11.8 Å². The van der Waals surface area contributed by atoms with Gasteiger partial charge in [0.05, 0.1) is 22.4 Å². The Morgan fingerprint density at radius 1 is 1.54 bits per heavy atom. The summed E-state index contributed by atoms with van der Waals surface area (Å²) in [6, 6.07) is 1.28. The van der Waals surface area contributed by atoms with Crippen LogP contribution in [0.4, 0.5) is 10.8 Å². The second-order valence-electron chi connectivity index (χ2n) is 6.47. The van der Waals surface area contributed by atoms with Gasteiger partial charge < -0.3 is 20.5 Å². The zero-order valence-electron chi connectivity index (χ0n) is 14.3. The fraction of sp³-hybridized carbons (Fsp3) is 0.438. The molecular weight excluding hydrogens is 360 g/mol. The predicted molar refractivity (Wildman–Crippen MR) is 94.7 cm³/mol. The van der Waals surface area contributed by atoms with Crippen molar-refractivity contribution in [3.8, 4) is 0 Å². The van der Waals surface area contributed by atoms with Gasteiger partial charge in [-0.2, -0.15) is 4.68 Å². The van der Waals surface area contributed by atoms with Crippen LogP contribution in [0, 0.1) is 23.0 Å². The van der Waals surface area contributed by atoms with Crippen molar-refractivity contribution in [2.75, 3.05) is 5.32 Å². The highest BCUT2D eigenvalue weighted by Gasteiger charge is 2.28. The van der Waals surface area contributed by atoms with Crippen molar-refractivity contribution in [1.29, 1.82) is 0 Å². The van der Waals surface area contributed by atoms with Gasteiger partial charge in [-0.1, -0.05) is 6.92 Å². The molecule has 0 aliphatic heterocycles. The fourth-order valence-electron chi connectivity index (χ4n) is 3.11. The molecule has 0 bridgehead atoms. The largest absolute Gasteiger partial charge is 0.478 e. The van der Waals surface area contributed by atoms with Gasteiger partial charge in [-0.3, -0.25) is 4.79 Å². The van der Waals surface area contributed by atoms with Gasteiger partial charge in [0, 0.05) is 4.88 Å². The summed E-state index contributed by atoms with van der Waals surface area (Å²) in [4.78, 5) is 35.2. The minimum atomic E-state index is -1.06. The standard InChI is InChI=1S/C16H18N4O5S/c1-8-3-4-10-11(5-8)26-15(14(10)16(22)23)17-13(21)7-19-9(2)6-12(18-19)20(24)25/h6,8H,3-5,7H2,1-2H3,(H,17,21)(H,22,23). The topological polar surface area (TPSA) is 127 Å². The number of hydrogen-bond acceptors (Lipinski definition) is 6. The van der Waals surface area contributed by atoms with E-state index in [-0.39, 0.29) is 17.9 Å². The molecule has 1 amide bonds. The van der Waals surface area contributed by atoms with Crippen LogP contribution in [0.2, 0.25) is 0 Å². The number of rotatable bonds is 5. The summed E-state index contributed by atoms with van der Waals surface area (Å²) in [6.45, 7) is 3.51. The molecule has 1 aliphatic rings. The Hall–Kier alpha value is -2.75. The summed E-state index contributed by atoms with van der Waals surface area (Å²) in [5, 5.41) is 27.1. The molecule has 0 fully saturated rings. The van der Waals surface area contributed by atoms with Crippen molar-refractivity contribution in [3.63, 3.8) is 0 Å². The number of aromatic carboxylic acids is 1. The van der Waals surface area contributed by atoms with Crippen LogP contribution in [0.3, 0.4) is 0 Å². The highest BCUT2D eigenvalue weighted by atomic mass is 32.1. The molecule has 3 rings (SSSR count). The molecule has 0 saturated heterocycles. The highest BCUT2D eigenvalue weighted by Crippen LogP contribution is 2.39. The lowest BCUT2D eigenvalue weighted by Crippen LogP contribution is -2.21. The van der Waals surface area contributed by atoms with Crippen molar-refractivity contribution >= 4 is 34.0 Å². The Balaban J connectivity index is 1.81. The van der Waals surface area contributed by atoms with E-state index in [0.717, 1.165) is 23.3 Å². The minimum absolute atomic E-state index is 0.161. The summed E-state index contributed by atoms with van der Waals surface area (Å²) < 4.78 is 1.23. The number of anilines is 1. The summed E-state index contributed by atoms with van der Waals surface area (Å²) in [5.74, 6) is -1.38. The van der Waals surface area contributed by atoms with E-state index in [0.29, 0.717) is 23.0 Å². The molecule has 1 aliphatic carbocycles. The van der Waals surface area contributed by atoms with Gasteiger partial charge in [0.15, 0.2) is 0 Å². The Labute approximate surface area is 152 Å². The van der Waals surface area contributed by atoms with E-state index in [1.807, 2.05) is 0 Å². The number of carboxylic acid groups (broad SMARTS) is 1. The van der Waals surface area contributed by atoms with Gasteiger partial charge in [0.2, 0.25) is 5.91 Å². The third-order valence-electron chi connectivity index (χ3n) is 4.43. The third-order valence-corrected chi connectivity index (χ3v) is 5.60. The number of carboxylic acids is 1. The summed E-state index contributed by atoms with van der Waals surface area (Å²) >= 11 is 1.30. The number of nitrogens with one attached hydrogen (secondary N) is 1. The normalized spacial score (nSPS) is 16.2. The summed E-state index contributed by atoms with van der Waals surface area (Å²) in [5.41, 5.74) is 1.44. The quantitative estimate of drug-likeness (QED) is 0.608. The molecule has 2 N–H and O–H groups in total. The van der Waals surface area contributed by atoms with E-state index >= 15 is 0 Å². The molecule has 0 aromatic carbocycles. The van der Waals surface area contributed by atoms with Crippen LogP contribution in [0.15, 0.2) is 6.07 Å². The van der Waals surface area contributed by atoms with Crippen LogP contribution in [-0.2, 0) is 24.2 Å². The van der Waals surface area contributed by atoms with Gasteiger partial charge in [-0.05, 0) is 42.6 Å². The lowest BCUT2D eigenvalue weighted by atomic mass is 9.88. The Morgan fingerprint density at radius 3 is 2.88 bits per heavy atom. The van der Waals surface area contributed by atoms with Crippen LogP contribution in [-0.4, -0.2) is 31.7 Å². The molecular formula is C16H18N4O5S. The smallest absolute Gasteiger partial charge is 0.390 e. The Bertz CT molecular complexity index is 901. The molecule has 0 radical (unpaired) electrons.